The normalized spacial score (nSPS) is 18.2. The molecule has 6 heteroatoms. The van der Waals surface area contributed by atoms with E-state index in [1.165, 1.54) is 0 Å². The summed E-state index contributed by atoms with van der Waals surface area (Å²) in [5.41, 5.74) is 10.6. The van der Waals surface area contributed by atoms with Crippen LogP contribution in [0, 0.1) is 11.3 Å². The SMILES string of the molecule is CC1(C)CCc2c1nc(N)c(C#N)c2-c1ccccc1OCCN1CCOCC1. The molecule has 29 heavy (non-hydrogen) atoms. The van der Waals surface area contributed by atoms with Crippen molar-refractivity contribution in [2.75, 3.05) is 45.2 Å². The van der Waals surface area contributed by atoms with Crippen molar-refractivity contribution in [2.24, 2.45) is 0 Å². The molecule has 0 unspecified atom stereocenters. The summed E-state index contributed by atoms with van der Waals surface area (Å²) in [4.78, 5) is 6.96. The molecule has 152 valence electrons. The molecule has 4 rings (SSSR count). The molecule has 0 spiro atoms. The number of para-hydroxylation sites is 1. The zero-order valence-electron chi connectivity index (χ0n) is 17.2. The number of ether oxygens (including phenoxy) is 2. The Balaban J connectivity index is 1.68. The maximum absolute atomic E-state index is 9.83. The summed E-state index contributed by atoms with van der Waals surface area (Å²) < 4.78 is 11.6. The Bertz CT molecular complexity index is 943. The largest absolute Gasteiger partial charge is 0.492 e. The second-order valence-corrected chi connectivity index (χ2v) is 8.37. The van der Waals surface area contributed by atoms with Crippen LogP contribution in [-0.2, 0) is 16.6 Å². The summed E-state index contributed by atoms with van der Waals surface area (Å²) in [5, 5.41) is 9.83. The highest BCUT2D eigenvalue weighted by Crippen LogP contribution is 2.46. The molecule has 2 N–H and O–H groups in total. The average molecular weight is 393 g/mol. The van der Waals surface area contributed by atoms with E-state index >= 15 is 0 Å². The molecule has 6 nitrogen and oxygen atoms in total. The highest BCUT2D eigenvalue weighted by Gasteiger charge is 2.36. The Labute approximate surface area is 172 Å². The summed E-state index contributed by atoms with van der Waals surface area (Å²) in [7, 11) is 0. The van der Waals surface area contributed by atoms with E-state index in [4.69, 9.17) is 15.2 Å². The van der Waals surface area contributed by atoms with Crippen LogP contribution in [-0.4, -0.2) is 49.3 Å². The molecule has 0 amide bonds. The van der Waals surface area contributed by atoms with E-state index in [-0.39, 0.29) is 5.41 Å². The summed E-state index contributed by atoms with van der Waals surface area (Å²) in [6.07, 6.45) is 1.89. The van der Waals surface area contributed by atoms with Gasteiger partial charge in [0.05, 0.1) is 18.9 Å². The second-order valence-electron chi connectivity index (χ2n) is 8.37. The Morgan fingerprint density at radius 1 is 1.28 bits per heavy atom. The Kier molecular flexibility index (Phi) is 5.44. The number of nitrogens with zero attached hydrogens (tertiary/aromatic N) is 3. The lowest BCUT2D eigenvalue weighted by Gasteiger charge is -2.26. The lowest BCUT2D eigenvalue weighted by Crippen LogP contribution is -2.38. The molecule has 1 aromatic carbocycles. The van der Waals surface area contributed by atoms with Crippen molar-refractivity contribution in [3.8, 4) is 22.9 Å². The molecule has 0 radical (unpaired) electrons. The first-order chi connectivity index (χ1) is 14.0. The van der Waals surface area contributed by atoms with E-state index in [0.29, 0.717) is 18.0 Å². The first kappa shape index (κ1) is 19.7. The van der Waals surface area contributed by atoms with Gasteiger partial charge < -0.3 is 15.2 Å². The topological polar surface area (TPSA) is 84.4 Å². The molecule has 0 bridgehead atoms. The van der Waals surface area contributed by atoms with Gasteiger partial charge in [0.2, 0.25) is 0 Å². The van der Waals surface area contributed by atoms with Crippen LogP contribution in [0.3, 0.4) is 0 Å². The van der Waals surface area contributed by atoms with E-state index in [9.17, 15) is 5.26 Å². The number of nitriles is 1. The monoisotopic (exact) mass is 392 g/mol. The first-order valence-corrected chi connectivity index (χ1v) is 10.3. The van der Waals surface area contributed by atoms with Crippen molar-refractivity contribution < 1.29 is 9.47 Å². The number of nitrogens with two attached hydrogens (primary N) is 1. The highest BCUT2D eigenvalue weighted by molar-refractivity contribution is 5.83. The smallest absolute Gasteiger partial charge is 0.142 e. The number of hydrogen-bond acceptors (Lipinski definition) is 6. The molecule has 2 heterocycles. The molecule has 0 atom stereocenters. The Hall–Kier alpha value is -2.62. The fraction of sp³-hybridized carbons (Fsp3) is 0.478. The van der Waals surface area contributed by atoms with Crippen molar-refractivity contribution in [1.82, 2.24) is 9.88 Å². The van der Waals surface area contributed by atoms with Gasteiger partial charge in [-0.15, -0.1) is 0 Å². The third-order valence-electron chi connectivity index (χ3n) is 6.00. The number of anilines is 1. The fourth-order valence-corrected chi connectivity index (χ4v) is 4.32. The van der Waals surface area contributed by atoms with Gasteiger partial charge in [-0.1, -0.05) is 32.0 Å². The van der Waals surface area contributed by atoms with Crippen LogP contribution in [0.1, 0.15) is 37.1 Å². The summed E-state index contributed by atoms with van der Waals surface area (Å²) in [6, 6.07) is 10.2. The van der Waals surface area contributed by atoms with Gasteiger partial charge in [0.1, 0.15) is 29.8 Å². The van der Waals surface area contributed by atoms with E-state index in [1.807, 2.05) is 24.3 Å². The number of nitrogen functional groups attached to an aromatic ring is 1. The van der Waals surface area contributed by atoms with Gasteiger partial charge in [-0.05, 0) is 24.5 Å². The van der Waals surface area contributed by atoms with E-state index in [1.54, 1.807) is 0 Å². The van der Waals surface area contributed by atoms with Gasteiger partial charge in [0.15, 0.2) is 0 Å². The van der Waals surface area contributed by atoms with Gasteiger partial charge >= 0.3 is 0 Å². The highest BCUT2D eigenvalue weighted by atomic mass is 16.5. The van der Waals surface area contributed by atoms with Gasteiger partial charge in [-0.3, -0.25) is 4.90 Å². The number of rotatable bonds is 5. The van der Waals surface area contributed by atoms with Crippen LogP contribution in [0.4, 0.5) is 5.82 Å². The van der Waals surface area contributed by atoms with Crippen molar-refractivity contribution >= 4 is 5.82 Å². The third kappa shape index (κ3) is 3.81. The Morgan fingerprint density at radius 3 is 2.79 bits per heavy atom. The maximum Gasteiger partial charge on any atom is 0.142 e. The first-order valence-electron chi connectivity index (χ1n) is 10.3. The number of fused-ring (bicyclic) bond motifs is 1. The van der Waals surface area contributed by atoms with Crippen LogP contribution in [0.5, 0.6) is 5.75 Å². The summed E-state index contributed by atoms with van der Waals surface area (Å²) in [6.45, 7) is 9.25. The summed E-state index contributed by atoms with van der Waals surface area (Å²) >= 11 is 0. The molecule has 1 aliphatic carbocycles. The molecule has 0 saturated carbocycles. The number of aromatic nitrogens is 1. The molecule has 1 fully saturated rings. The Morgan fingerprint density at radius 2 is 2.03 bits per heavy atom. The van der Waals surface area contributed by atoms with Crippen LogP contribution < -0.4 is 10.5 Å². The van der Waals surface area contributed by atoms with Crippen LogP contribution >= 0.6 is 0 Å². The summed E-state index contributed by atoms with van der Waals surface area (Å²) in [5.74, 6) is 1.09. The zero-order valence-corrected chi connectivity index (χ0v) is 17.2. The zero-order chi connectivity index (χ0) is 20.4. The fourth-order valence-electron chi connectivity index (χ4n) is 4.32. The molecule has 2 aliphatic rings. The lowest BCUT2D eigenvalue weighted by molar-refractivity contribution is 0.0323. The van der Waals surface area contributed by atoms with E-state index in [0.717, 1.165) is 73.8 Å². The van der Waals surface area contributed by atoms with Gasteiger partial charge in [0.25, 0.3) is 0 Å². The molecule has 1 aliphatic heterocycles. The molecule has 1 saturated heterocycles. The minimum atomic E-state index is -0.0433. The van der Waals surface area contributed by atoms with Crippen LogP contribution in [0.25, 0.3) is 11.1 Å². The van der Waals surface area contributed by atoms with Gasteiger partial charge in [-0.2, -0.15) is 5.26 Å². The number of hydrogen-bond donors (Lipinski definition) is 1. The number of benzene rings is 1. The molecular formula is C23H28N4O2. The van der Waals surface area contributed by atoms with Crippen LogP contribution in [0.2, 0.25) is 0 Å². The van der Waals surface area contributed by atoms with Gasteiger partial charge in [0, 0.05) is 36.2 Å². The standard InChI is InChI=1S/C23H28N4O2/c1-23(2)8-7-17-20(18(15-24)22(25)26-21(17)23)16-5-3-4-6-19(16)29-14-11-27-9-12-28-13-10-27/h3-6H,7-14H2,1-2H3,(H2,25,26). The minimum Gasteiger partial charge on any atom is -0.492 e. The number of pyridine rings is 1. The van der Waals surface area contributed by atoms with Crippen molar-refractivity contribution in [3.63, 3.8) is 0 Å². The predicted octanol–water partition coefficient (Wildman–Crippen LogP) is 3.14. The van der Waals surface area contributed by atoms with Crippen molar-refractivity contribution in [1.29, 1.82) is 5.26 Å². The quantitative estimate of drug-likeness (QED) is 0.841. The molecular weight excluding hydrogens is 364 g/mol. The number of morpholine rings is 1. The van der Waals surface area contributed by atoms with E-state index < -0.39 is 0 Å². The van der Waals surface area contributed by atoms with E-state index in [2.05, 4.69) is 29.8 Å². The average Bonchev–Trinajstić information content (AvgIpc) is 3.02. The lowest BCUT2D eigenvalue weighted by atomic mass is 9.88. The molecule has 2 aromatic rings. The van der Waals surface area contributed by atoms with Crippen molar-refractivity contribution in [2.45, 2.75) is 32.1 Å². The van der Waals surface area contributed by atoms with Gasteiger partial charge in [-0.25, -0.2) is 4.98 Å². The molecule has 1 aromatic heterocycles. The second kappa shape index (κ2) is 8.02. The third-order valence-corrected chi connectivity index (χ3v) is 6.00. The maximum atomic E-state index is 9.83. The minimum absolute atomic E-state index is 0.0433. The van der Waals surface area contributed by atoms with Crippen molar-refractivity contribution in [3.05, 3.63) is 41.1 Å². The predicted molar refractivity (Wildman–Crippen MR) is 113 cm³/mol. The van der Waals surface area contributed by atoms with Crippen LogP contribution in [0.15, 0.2) is 24.3 Å².